The number of ether oxygens (including phenoxy) is 1. The molecule has 1 amide bonds. The summed E-state index contributed by atoms with van der Waals surface area (Å²) in [6, 6.07) is 4.89. The minimum Gasteiger partial charge on any atom is -0.504 e. The molecule has 124 valence electrons. The van der Waals surface area contributed by atoms with Crippen molar-refractivity contribution in [1.29, 1.82) is 0 Å². The fourth-order valence-corrected chi connectivity index (χ4v) is 3.12. The van der Waals surface area contributed by atoms with Gasteiger partial charge < -0.3 is 15.2 Å². The van der Waals surface area contributed by atoms with E-state index in [4.69, 9.17) is 4.74 Å². The molecule has 1 aromatic carbocycles. The topological polar surface area (TPSA) is 83.3 Å². The van der Waals surface area contributed by atoms with E-state index in [1.165, 1.54) is 24.9 Å². The number of hydrogen-bond acceptors (Lipinski definition) is 6. The molecule has 23 heavy (non-hydrogen) atoms. The van der Waals surface area contributed by atoms with E-state index in [1.54, 1.807) is 18.3 Å². The zero-order chi connectivity index (χ0) is 16.7. The molecular weight excluding hydrogens is 314 g/mol. The Labute approximate surface area is 140 Å². The highest BCUT2D eigenvalue weighted by Crippen LogP contribution is 2.26. The summed E-state index contributed by atoms with van der Waals surface area (Å²) >= 11 is 1.43. The molecule has 2 N–H and O–H groups in total. The number of methoxy groups -OCH3 is 1. The minimum atomic E-state index is -0.0655. The number of aromatic hydroxyl groups is 1. The Bertz CT molecular complexity index is 617. The maximum atomic E-state index is 11.8. The van der Waals surface area contributed by atoms with Crippen molar-refractivity contribution in [3.8, 4) is 11.5 Å². The van der Waals surface area contributed by atoms with Gasteiger partial charge in [0, 0.05) is 0 Å². The molecule has 0 aliphatic carbocycles. The number of carbonyl (C=O) groups is 1. The molecule has 1 atom stereocenters. The van der Waals surface area contributed by atoms with Crippen LogP contribution in [-0.2, 0) is 4.79 Å². The second-order valence-corrected chi connectivity index (χ2v) is 6.36. The van der Waals surface area contributed by atoms with Crippen LogP contribution in [0.4, 0.5) is 0 Å². The smallest absolute Gasteiger partial charge is 0.239 e. The molecule has 6 nitrogen and oxygen atoms in total. The molecule has 1 aliphatic heterocycles. The molecule has 1 fully saturated rings. The van der Waals surface area contributed by atoms with E-state index in [0.717, 1.165) is 31.2 Å². The maximum Gasteiger partial charge on any atom is 0.239 e. The fourth-order valence-electron chi connectivity index (χ4n) is 2.14. The van der Waals surface area contributed by atoms with Crippen LogP contribution in [0.15, 0.2) is 28.4 Å². The number of amidine groups is 1. The lowest BCUT2D eigenvalue weighted by Crippen LogP contribution is -2.24. The minimum absolute atomic E-state index is 0.00588. The highest BCUT2D eigenvalue weighted by atomic mass is 32.2. The lowest BCUT2D eigenvalue weighted by atomic mass is 10.1. The van der Waals surface area contributed by atoms with Crippen LogP contribution in [0, 0.1) is 0 Å². The lowest BCUT2D eigenvalue weighted by molar-refractivity contribution is -0.118. The van der Waals surface area contributed by atoms with Gasteiger partial charge in [0.05, 0.1) is 18.6 Å². The standard InChI is InChI=1S/C16H21N3O3S/c1-3-4-5-6-14-15(21)18-16(23-14)19-17-10-11-7-8-12(20)13(9-11)22-2/h7-10,14,20H,3-6H2,1-2H3,(H,18,19,21)/b17-10+/t14-/m1/s1. The third-order valence-corrected chi connectivity index (χ3v) is 4.55. The summed E-state index contributed by atoms with van der Waals surface area (Å²) in [7, 11) is 1.49. The second-order valence-electron chi connectivity index (χ2n) is 5.17. The number of benzene rings is 1. The third kappa shape index (κ3) is 4.99. The van der Waals surface area contributed by atoms with Crippen LogP contribution >= 0.6 is 11.8 Å². The SMILES string of the molecule is CCCCC[C@H]1S/C(=N\N=C\c2ccc(O)c(OC)c2)NC1=O. The number of phenolic OH excluding ortho intramolecular Hbond substituents is 1. The molecule has 0 unspecified atom stereocenters. The summed E-state index contributed by atoms with van der Waals surface area (Å²) in [6.07, 6.45) is 5.73. The quantitative estimate of drug-likeness (QED) is 0.456. The Morgan fingerprint density at radius 1 is 1.43 bits per heavy atom. The van der Waals surface area contributed by atoms with Crippen LogP contribution < -0.4 is 10.1 Å². The predicted molar refractivity (Wildman–Crippen MR) is 93.4 cm³/mol. The first kappa shape index (κ1) is 17.3. The summed E-state index contributed by atoms with van der Waals surface area (Å²) in [5, 5.41) is 20.8. The number of hydrogen-bond donors (Lipinski definition) is 2. The predicted octanol–water partition coefficient (Wildman–Crippen LogP) is 2.90. The number of unbranched alkanes of at least 4 members (excludes halogenated alkanes) is 2. The van der Waals surface area contributed by atoms with Crippen molar-refractivity contribution < 1.29 is 14.6 Å². The van der Waals surface area contributed by atoms with E-state index in [-0.39, 0.29) is 16.9 Å². The molecule has 1 aromatic rings. The Morgan fingerprint density at radius 2 is 2.26 bits per heavy atom. The zero-order valence-electron chi connectivity index (χ0n) is 13.3. The summed E-state index contributed by atoms with van der Waals surface area (Å²) in [6.45, 7) is 2.14. The Hall–Kier alpha value is -2.02. The van der Waals surface area contributed by atoms with Crippen molar-refractivity contribution in [2.75, 3.05) is 7.11 Å². The number of carbonyl (C=O) groups excluding carboxylic acids is 1. The van der Waals surface area contributed by atoms with E-state index in [1.807, 2.05) is 0 Å². The molecule has 0 saturated carbocycles. The number of thioether (sulfide) groups is 1. The van der Waals surface area contributed by atoms with Gasteiger partial charge in [-0.2, -0.15) is 5.10 Å². The van der Waals surface area contributed by atoms with Crippen LogP contribution in [0.5, 0.6) is 11.5 Å². The largest absolute Gasteiger partial charge is 0.504 e. The van der Waals surface area contributed by atoms with Crippen molar-refractivity contribution >= 4 is 29.1 Å². The summed E-state index contributed by atoms with van der Waals surface area (Å²) in [5.74, 6) is 0.456. The van der Waals surface area contributed by atoms with Gasteiger partial charge in [-0.25, -0.2) is 0 Å². The van der Waals surface area contributed by atoms with Crippen LogP contribution in [0.1, 0.15) is 38.2 Å². The Balaban J connectivity index is 1.94. The maximum absolute atomic E-state index is 11.8. The van der Waals surface area contributed by atoms with Gasteiger partial charge in [0.1, 0.15) is 0 Å². The first-order chi connectivity index (χ1) is 11.1. The van der Waals surface area contributed by atoms with Gasteiger partial charge in [-0.1, -0.05) is 37.9 Å². The van der Waals surface area contributed by atoms with E-state index in [2.05, 4.69) is 22.4 Å². The molecule has 0 radical (unpaired) electrons. The molecule has 0 bridgehead atoms. The number of phenols is 1. The van der Waals surface area contributed by atoms with E-state index in [0.29, 0.717) is 10.9 Å². The molecule has 1 heterocycles. The van der Waals surface area contributed by atoms with Crippen LogP contribution in [0.2, 0.25) is 0 Å². The normalized spacial score (nSPS) is 19.5. The molecule has 1 saturated heterocycles. The van der Waals surface area contributed by atoms with Crippen molar-refractivity contribution in [3.63, 3.8) is 0 Å². The van der Waals surface area contributed by atoms with Gasteiger partial charge in [0.15, 0.2) is 16.7 Å². The molecule has 0 aromatic heterocycles. The van der Waals surface area contributed by atoms with Gasteiger partial charge in [0.25, 0.3) is 0 Å². The van der Waals surface area contributed by atoms with Crippen molar-refractivity contribution in [2.24, 2.45) is 10.2 Å². The monoisotopic (exact) mass is 335 g/mol. The molecule has 1 aliphatic rings. The van der Waals surface area contributed by atoms with Gasteiger partial charge >= 0.3 is 0 Å². The number of amides is 1. The van der Waals surface area contributed by atoms with Crippen LogP contribution in [0.3, 0.4) is 0 Å². The average Bonchev–Trinajstić information content (AvgIpc) is 2.89. The zero-order valence-corrected chi connectivity index (χ0v) is 14.1. The summed E-state index contributed by atoms with van der Waals surface area (Å²) < 4.78 is 5.03. The van der Waals surface area contributed by atoms with Crippen molar-refractivity contribution in [1.82, 2.24) is 5.32 Å². The first-order valence-corrected chi connectivity index (χ1v) is 8.47. The highest BCUT2D eigenvalue weighted by Gasteiger charge is 2.29. The van der Waals surface area contributed by atoms with Crippen LogP contribution in [-0.4, -0.2) is 34.8 Å². The molecule has 0 spiro atoms. The number of rotatable bonds is 7. The third-order valence-electron chi connectivity index (χ3n) is 3.41. The van der Waals surface area contributed by atoms with Crippen molar-refractivity contribution in [3.05, 3.63) is 23.8 Å². The van der Waals surface area contributed by atoms with Crippen LogP contribution in [0.25, 0.3) is 0 Å². The van der Waals surface area contributed by atoms with Gasteiger partial charge in [-0.05, 0) is 30.2 Å². The number of nitrogens with one attached hydrogen (secondary N) is 1. The molecule has 2 rings (SSSR count). The molecule has 7 heteroatoms. The summed E-state index contributed by atoms with van der Waals surface area (Å²) in [4.78, 5) is 11.8. The van der Waals surface area contributed by atoms with Gasteiger partial charge in [-0.3, -0.25) is 4.79 Å². The summed E-state index contributed by atoms with van der Waals surface area (Å²) in [5.41, 5.74) is 0.748. The Morgan fingerprint density at radius 3 is 3.00 bits per heavy atom. The average molecular weight is 335 g/mol. The molecular formula is C16H21N3O3S. The Kier molecular flexibility index (Phi) is 6.46. The van der Waals surface area contributed by atoms with E-state index in [9.17, 15) is 9.90 Å². The fraction of sp³-hybridized carbons (Fsp3) is 0.438. The van der Waals surface area contributed by atoms with Gasteiger partial charge in [0.2, 0.25) is 5.91 Å². The number of nitrogens with zero attached hydrogens (tertiary/aromatic N) is 2. The van der Waals surface area contributed by atoms with E-state index < -0.39 is 0 Å². The first-order valence-electron chi connectivity index (χ1n) is 7.59. The van der Waals surface area contributed by atoms with Crippen molar-refractivity contribution in [2.45, 2.75) is 37.9 Å². The van der Waals surface area contributed by atoms with E-state index >= 15 is 0 Å². The highest BCUT2D eigenvalue weighted by molar-refractivity contribution is 8.15. The van der Waals surface area contributed by atoms with Gasteiger partial charge in [-0.15, -0.1) is 5.10 Å². The second kappa shape index (κ2) is 8.57. The lowest BCUT2D eigenvalue weighted by Gasteiger charge is -2.03.